The van der Waals surface area contributed by atoms with E-state index in [-0.39, 0.29) is 49.4 Å². The van der Waals surface area contributed by atoms with Crippen molar-refractivity contribution in [3.05, 3.63) is 88.2 Å². The van der Waals surface area contributed by atoms with Gasteiger partial charge in [0.05, 0.1) is 12.2 Å². The van der Waals surface area contributed by atoms with E-state index in [1.54, 1.807) is 11.0 Å². The molecule has 0 radical (unpaired) electrons. The summed E-state index contributed by atoms with van der Waals surface area (Å²) < 4.78 is 25.5. The van der Waals surface area contributed by atoms with Crippen LogP contribution >= 0.6 is 0 Å². The molecule has 0 saturated carbocycles. The molecule has 2 aliphatic heterocycles. The summed E-state index contributed by atoms with van der Waals surface area (Å²) >= 11 is 0. The number of hydrogen-bond acceptors (Lipinski definition) is 6. The molecule has 5 rings (SSSR count). The number of aryl methyl sites for hydroxylation is 1. The van der Waals surface area contributed by atoms with Crippen LogP contribution in [0.2, 0.25) is 25.7 Å². The molecule has 0 bridgehead atoms. The van der Waals surface area contributed by atoms with Gasteiger partial charge in [0, 0.05) is 45.7 Å². The predicted molar refractivity (Wildman–Crippen MR) is 174 cm³/mol. The Morgan fingerprint density at radius 1 is 1.00 bits per heavy atom. The molecule has 9 nitrogen and oxygen atoms in total. The minimum atomic E-state index is -1.32. The van der Waals surface area contributed by atoms with Crippen LogP contribution in [0.5, 0.6) is 5.75 Å². The summed E-state index contributed by atoms with van der Waals surface area (Å²) in [5.41, 5.74) is 10.3. The third-order valence-electron chi connectivity index (χ3n) is 8.52. The van der Waals surface area contributed by atoms with Gasteiger partial charge in [-0.3, -0.25) is 24.1 Å². The number of amides is 4. The molecule has 46 heavy (non-hydrogen) atoms. The molecule has 1 fully saturated rings. The molecule has 0 aromatic heterocycles. The molecule has 242 valence electrons. The lowest BCUT2D eigenvalue weighted by Crippen LogP contribution is -2.55. The Bertz CT molecular complexity index is 1690. The minimum Gasteiger partial charge on any atom is -0.493 e. The molecule has 1 saturated heterocycles. The van der Waals surface area contributed by atoms with Crippen molar-refractivity contribution >= 4 is 31.7 Å². The van der Waals surface area contributed by atoms with Gasteiger partial charge in [-0.15, -0.1) is 0 Å². The van der Waals surface area contributed by atoms with Gasteiger partial charge in [-0.05, 0) is 65.4 Å². The topological polar surface area (TPSA) is 119 Å². The summed E-state index contributed by atoms with van der Waals surface area (Å²) in [5.74, 6) is -2.12. The fourth-order valence-electron chi connectivity index (χ4n) is 5.89. The number of primary amides is 1. The lowest BCUT2D eigenvalue weighted by Gasteiger charge is -2.35. The van der Waals surface area contributed by atoms with E-state index in [0.717, 1.165) is 44.8 Å². The number of benzene rings is 3. The van der Waals surface area contributed by atoms with Crippen molar-refractivity contribution in [3.63, 3.8) is 0 Å². The van der Waals surface area contributed by atoms with Gasteiger partial charge < -0.3 is 20.1 Å². The van der Waals surface area contributed by atoms with Crippen LogP contribution in [0.1, 0.15) is 50.2 Å². The van der Waals surface area contributed by atoms with Crippen LogP contribution in [-0.4, -0.2) is 67.5 Å². The van der Waals surface area contributed by atoms with Gasteiger partial charge in [0.15, 0.2) is 0 Å². The van der Waals surface area contributed by atoms with E-state index in [0.29, 0.717) is 30.9 Å². The third-order valence-corrected chi connectivity index (χ3v) is 10.2. The van der Waals surface area contributed by atoms with E-state index in [1.807, 2.05) is 31.2 Å². The highest BCUT2D eigenvalue weighted by atomic mass is 28.3. The normalized spacial score (nSPS) is 16.6. The lowest BCUT2D eigenvalue weighted by molar-refractivity contribution is -0.158. The Balaban J connectivity index is 1.26. The van der Waals surface area contributed by atoms with Crippen molar-refractivity contribution in [2.45, 2.75) is 64.5 Å². The Hall–Kier alpha value is -4.35. The first kappa shape index (κ1) is 33.0. The number of fused-ring (bicyclic) bond motifs is 1. The molecule has 3 aromatic carbocycles. The molecule has 11 heteroatoms. The number of nitrogens with two attached hydrogens (primary N) is 1. The van der Waals surface area contributed by atoms with E-state index >= 15 is 0 Å². The van der Waals surface area contributed by atoms with E-state index in [2.05, 4.69) is 25.7 Å². The fraction of sp³-hybridized carbons (Fsp3) is 0.371. The van der Waals surface area contributed by atoms with Gasteiger partial charge >= 0.3 is 0 Å². The summed E-state index contributed by atoms with van der Waals surface area (Å²) in [7, 11) is -1.32. The number of nitrogens with zero attached hydrogens (tertiary/aromatic N) is 2. The van der Waals surface area contributed by atoms with Gasteiger partial charge in [-0.2, -0.15) is 0 Å². The van der Waals surface area contributed by atoms with E-state index in [4.69, 9.17) is 15.2 Å². The quantitative estimate of drug-likeness (QED) is 0.162. The molecule has 1 atom stereocenters. The standard InChI is InChI=1S/C35H40FN3O6Si/c1-22-18-23(14-15-45-24-9-11-28(33(37)41)30(36)19-24)8-10-25(22)26-6-5-7-27-29(26)20-38(34(27)42)31-12-13-32(40)39(35(31)43)21-44-16-17-46(2,3)4/h5-11,18-19,31H,12-17,20-21H2,1-4H3,(H2,37,41). The molecular weight excluding hydrogens is 605 g/mol. The second-order valence-electron chi connectivity index (χ2n) is 13.1. The van der Waals surface area contributed by atoms with Crippen LogP contribution in [0.3, 0.4) is 0 Å². The van der Waals surface area contributed by atoms with Crippen molar-refractivity contribution in [1.82, 2.24) is 9.80 Å². The molecule has 0 aliphatic carbocycles. The Kier molecular flexibility index (Phi) is 9.73. The zero-order chi connectivity index (χ0) is 33.2. The first-order chi connectivity index (χ1) is 21.8. The number of piperidine rings is 1. The molecule has 0 spiro atoms. The average molecular weight is 646 g/mol. The second-order valence-corrected chi connectivity index (χ2v) is 18.7. The highest BCUT2D eigenvalue weighted by Crippen LogP contribution is 2.37. The Morgan fingerprint density at radius 2 is 1.76 bits per heavy atom. The Labute approximate surface area is 269 Å². The molecule has 2 heterocycles. The molecular formula is C35H40FN3O6Si. The summed E-state index contributed by atoms with van der Waals surface area (Å²) in [6.45, 7) is 9.70. The predicted octanol–water partition coefficient (Wildman–Crippen LogP) is 5.31. The van der Waals surface area contributed by atoms with Crippen molar-refractivity contribution in [3.8, 4) is 16.9 Å². The van der Waals surface area contributed by atoms with Crippen LogP contribution in [-0.2, 0) is 27.3 Å². The average Bonchev–Trinajstić information content (AvgIpc) is 3.32. The van der Waals surface area contributed by atoms with Crippen molar-refractivity contribution < 1.29 is 33.0 Å². The maximum Gasteiger partial charge on any atom is 0.255 e. The number of ether oxygens (including phenoxy) is 2. The monoisotopic (exact) mass is 645 g/mol. The number of rotatable bonds is 12. The lowest BCUT2D eigenvalue weighted by atomic mass is 9.92. The summed E-state index contributed by atoms with van der Waals surface area (Å²) in [5, 5.41) is 0. The number of imide groups is 1. The SMILES string of the molecule is Cc1cc(CCOc2ccc(C(N)=O)c(F)c2)ccc1-c1cccc2c1CN(C1CCC(=O)N(COCC[Si](C)(C)C)C1=O)C2=O. The maximum atomic E-state index is 14.1. The van der Waals surface area contributed by atoms with Crippen LogP contribution < -0.4 is 10.5 Å². The van der Waals surface area contributed by atoms with Gasteiger partial charge in [-0.1, -0.05) is 50.0 Å². The number of carbonyl (C=O) groups excluding carboxylic acids is 4. The third kappa shape index (κ3) is 7.21. The van der Waals surface area contributed by atoms with Crippen molar-refractivity contribution in [1.29, 1.82) is 0 Å². The van der Waals surface area contributed by atoms with Crippen LogP contribution in [0, 0.1) is 12.7 Å². The molecule has 2 aliphatic rings. The van der Waals surface area contributed by atoms with E-state index < -0.39 is 25.8 Å². The van der Waals surface area contributed by atoms with Crippen LogP contribution in [0.25, 0.3) is 11.1 Å². The highest BCUT2D eigenvalue weighted by Gasteiger charge is 2.43. The zero-order valence-electron chi connectivity index (χ0n) is 26.7. The fourth-order valence-corrected chi connectivity index (χ4v) is 6.65. The minimum absolute atomic E-state index is 0.0894. The first-order valence-corrected chi connectivity index (χ1v) is 19.2. The maximum absolute atomic E-state index is 14.1. The number of hydrogen-bond donors (Lipinski definition) is 1. The second kappa shape index (κ2) is 13.6. The molecule has 2 N–H and O–H groups in total. The molecule has 1 unspecified atom stereocenters. The zero-order valence-corrected chi connectivity index (χ0v) is 27.7. The number of halogens is 1. The van der Waals surface area contributed by atoms with Crippen LogP contribution in [0.15, 0.2) is 54.6 Å². The van der Waals surface area contributed by atoms with Gasteiger partial charge in [0.1, 0.15) is 24.3 Å². The highest BCUT2D eigenvalue weighted by molar-refractivity contribution is 6.76. The smallest absolute Gasteiger partial charge is 0.255 e. The van der Waals surface area contributed by atoms with E-state index in [9.17, 15) is 23.6 Å². The summed E-state index contributed by atoms with van der Waals surface area (Å²) in [6.07, 6.45) is 1.04. The van der Waals surface area contributed by atoms with Crippen molar-refractivity contribution in [2.75, 3.05) is 19.9 Å². The van der Waals surface area contributed by atoms with E-state index in [1.165, 1.54) is 12.1 Å². The van der Waals surface area contributed by atoms with Gasteiger partial charge in [0.25, 0.3) is 17.7 Å². The summed E-state index contributed by atoms with van der Waals surface area (Å²) in [6, 6.07) is 15.8. The van der Waals surface area contributed by atoms with Crippen molar-refractivity contribution in [2.24, 2.45) is 5.73 Å². The molecule has 4 amide bonds. The van der Waals surface area contributed by atoms with Crippen LogP contribution in [0.4, 0.5) is 4.39 Å². The Morgan fingerprint density at radius 3 is 2.46 bits per heavy atom. The van der Waals surface area contributed by atoms with Gasteiger partial charge in [0.2, 0.25) is 5.91 Å². The number of likely N-dealkylation sites (tertiary alicyclic amines) is 1. The van der Waals surface area contributed by atoms with Gasteiger partial charge in [-0.25, -0.2) is 4.39 Å². The summed E-state index contributed by atoms with van der Waals surface area (Å²) in [4.78, 5) is 53.7. The number of carbonyl (C=O) groups is 4. The first-order valence-electron chi connectivity index (χ1n) is 15.5. The molecule has 3 aromatic rings. The largest absolute Gasteiger partial charge is 0.493 e.